The molecule has 130 valence electrons. The third kappa shape index (κ3) is 2.95. The summed E-state index contributed by atoms with van der Waals surface area (Å²) in [6.45, 7) is 2.09. The van der Waals surface area contributed by atoms with Gasteiger partial charge in [-0.1, -0.05) is 30.8 Å². The van der Waals surface area contributed by atoms with Gasteiger partial charge in [0, 0.05) is 5.69 Å². The quantitative estimate of drug-likeness (QED) is 0.613. The first-order valence-corrected chi connectivity index (χ1v) is 10.1. The molecule has 7 heteroatoms. The van der Waals surface area contributed by atoms with Crippen molar-refractivity contribution in [3.63, 3.8) is 0 Å². The average molecular weight is 374 g/mol. The number of thioether (sulfide) groups is 1. The first kappa shape index (κ1) is 16.6. The number of benzene rings is 1. The highest BCUT2D eigenvalue weighted by molar-refractivity contribution is 8.01. The van der Waals surface area contributed by atoms with Crippen molar-refractivity contribution in [1.29, 1.82) is 0 Å². The van der Waals surface area contributed by atoms with Crippen molar-refractivity contribution in [2.24, 2.45) is 23.7 Å². The Labute approximate surface area is 153 Å². The number of amides is 1. The van der Waals surface area contributed by atoms with E-state index in [1.807, 2.05) is 30.4 Å². The number of nitrogens with one attached hydrogen (secondary N) is 1. The lowest BCUT2D eigenvalue weighted by molar-refractivity contribution is -0.146. The normalized spacial score (nSPS) is 27.1. The molecule has 2 N–H and O–H groups in total. The monoisotopic (exact) mass is 374 g/mol. The molecule has 4 rings (SSSR count). The summed E-state index contributed by atoms with van der Waals surface area (Å²) in [4.78, 5) is 28.9. The number of aliphatic carboxylic acids is 1. The van der Waals surface area contributed by atoms with E-state index in [1.165, 1.54) is 0 Å². The molecule has 4 atom stereocenters. The smallest absolute Gasteiger partial charge is 0.307 e. The largest absolute Gasteiger partial charge is 0.481 e. The van der Waals surface area contributed by atoms with Crippen LogP contribution in [0, 0.1) is 23.7 Å². The van der Waals surface area contributed by atoms with Gasteiger partial charge < -0.3 is 10.4 Å². The van der Waals surface area contributed by atoms with Crippen LogP contribution in [0.2, 0.25) is 0 Å². The topological polar surface area (TPSA) is 79.3 Å². The molecular weight excluding hydrogens is 356 g/mol. The van der Waals surface area contributed by atoms with Crippen molar-refractivity contribution in [3.8, 4) is 0 Å². The summed E-state index contributed by atoms with van der Waals surface area (Å²) in [6.07, 6.45) is 4.71. The highest BCUT2D eigenvalue weighted by atomic mass is 32.2. The molecule has 1 aromatic heterocycles. The van der Waals surface area contributed by atoms with Crippen molar-refractivity contribution in [2.75, 3.05) is 11.1 Å². The number of allylic oxidation sites excluding steroid dienone is 2. The van der Waals surface area contributed by atoms with Crippen molar-refractivity contribution >= 4 is 50.9 Å². The van der Waals surface area contributed by atoms with E-state index in [2.05, 4.69) is 17.2 Å². The number of carbonyl (C=O) groups excluding carboxylic acids is 1. The molecule has 1 aromatic carbocycles. The van der Waals surface area contributed by atoms with Crippen LogP contribution in [0.4, 0.5) is 5.69 Å². The Balaban J connectivity index is 1.55. The summed E-state index contributed by atoms with van der Waals surface area (Å²) >= 11 is 3.31. The standard InChI is InChI=1S/C18H18N2O3S2/c1-2-24-18-20-12-6-5-11(8-13(12)25-18)19-16(21)14-9-3-4-10(7-9)15(14)17(22)23/h3-6,8-10,14-15H,2,7H2,1H3,(H,19,21)(H,22,23)/t9-,10-,14-,15+/m0/s1. The summed E-state index contributed by atoms with van der Waals surface area (Å²) in [5.74, 6) is -1.20. The summed E-state index contributed by atoms with van der Waals surface area (Å²) in [5.41, 5.74) is 1.62. The third-order valence-corrected chi connectivity index (χ3v) is 6.99. The molecule has 0 radical (unpaired) electrons. The highest BCUT2D eigenvalue weighted by Crippen LogP contribution is 2.48. The molecule has 2 aromatic rings. The molecule has 1 saturated carbocycles. The van der Waals surface area contributed by atoms with Gasteiger partial charge in [-0.25, -0.2) is 4.98 Å². The molecule has 2 bridgehead atoms. The summed E-state index contributed by atoms with van der Waals surface area (Å²) < 4.78 is 2.04. The fraction of sp³-hybridized carbons (Fsp3) is 0.389. The number of hydrogen-bond acceptors (Lipinski definition) is 5. The van der Waals surface area contributed by atoms with Gasteiger partial charge in [0.2, 0.25) is 5.91 Å². The second-order valence-electron chi connectivity index (χ2n) is 6.42. The predicted molar refractivity (Wildman–Crippen MR) is 100 cm³/mol. The third-order valence-electron chi connectivity index (χ3n) is 4.95. The van der Waals surface area contributed by atoms with Gasteiger partial charge in [-0.05, 0) is 42.2 Å². The highest BCUT2D eigenvalue weighted by Gasteiger charge is 2.51. The van der Waals surface area contributed by atoms with Crippen LogP contribution >= 0.6 is 23.1 Å². The van der Waals surface area contributed by atoms with Gasteiger partial charge in [0.1, 0.15) is 0 Å². The molecule has 1 fully saturated rings. The Morgan fingerprint density at radius 1 is 1.32 bits per heavy atom. The van der Waals surface area contributed by atoms with Crippen LogP contribution in [0.15, 0.2) is 34.7 Å². The molecule has 2 aliphatic carbocycles. The fourth-order valence-corrected chi connectivity index (χ4v) is 5.91. The maximum absolute atomic E-state index is 12.7. The summed E-state index contributed by atoms with van der Waals surface area (Å²) in [6, 6.07) is 5.65. The number of anilines is 1. The average Bonchev–Trinajstić information content (AvgIpc) is 3.27. The minimum Gasteiger partial charge on any atom is -0.481 e. The van der Waals surface area contributed by atoms with Gasteiger partial charge in [-0.3, -0.25) is 9.59 Å². The van der Waals surface area contributed by atoms with E-state index >= 15 is 0 Å². The molecule has 1 heterocycles. The maximum Gasteiger partial charge on any atom is 0.307 e. The number of nitrogens with zero attached hydrogens (tertiary/aromatic N) is 1. The maximum atomic E-state index is 12.7. The molecule has 0 aliphatic heterocycles. The molecule has 5 nitrogen and oxygen atoms in total. The van der Waals surface area contributed by atoms with Crippen LogP contribution in [0.1, 0.15) is 13.3 Å². The number of rotatable bonds is 5. The van der Waals surface area contributed by atoms with Crippen molar-refractivity contribution < 1.29 is 14.7 Å². The Bertz CT molecular complexity index is 876. The van der Waals surface area contributed by atoms with E-state index in [0.717, 1.165) is 26.7 Å². The van der Waals surface area contributed by atoms with Gasteiger partial charge >= 0.3 is 5.97 Å². The first-order chi connectivity index (χ1) is 12.1. The van der Waals surface area contributed by atoms with Crippen molar-refractivity contribution in [2.45, 2.75) is 17.7 Å². The second-order valence-corrected chi connectivity index (χ2v) is 8.96. The molecule has 2 aliphatic rings. The van der Waals surface area contributed by atoms with E-state index in [-0.39, 0.29) is 17.7 Å². The Kier molecular flexibility index (Phi) is 4.29. The lowest BCUT2D eigenvalue weighted by Gasteiger charge is -2.23. The van der Waals surface area contributed by atoms with Gasteiger partial charge in [0.15, 0.2) is 4.34 Å². The first-order valence-electron chi connectivity index (χ1n) is 8.32. The van der Waals surface area contributed by atoms with Crippen LogP contribution in [0.5, 0.6) is 0 Å². The summed E-state index contributed by atoms with van der Waals surface area (Å²) in [5, 5.41) is 12.4. The molecule has 0 saturated heterocycles. The Morgan fingerprint density at radius 2 is 2.08 bits per heavy atom. The molecule has 25 heavy (non-hydrogen) atoms. The van der Waals surface area contributed by atoms with E-state index in [1.54, 1.807) is 23.1 Å². The van der Waals surface area contributed by atoms with E-state index in [9.17, 15) is 14.7 Å². The second kappa shape index (κ2) is 6.46. The van der Waals surface area contributed by atoms with Crippen LogP contribution in [0.25, 0.3) is 10.2 Å². The van der Waals surface area contributed by atoms with Gasteiger partial charge in [0.25, 0.3) is 0 Å². The Morgan fingerprint density at radius 3 is 2.80 bits per heavy atom. The number of carboxylic acid groups (broad SMARTS) is 1. The van der Waals surface area contributed by atoms with Crippen LogP contribution < -0.4 is 5.32 Å². The summed E-state index contributed by atoms with van der Waals surface area (Å²) in [7, 11) is 0. The number of thiazole rings is 1. The Hall–Kier alpha value is -1.86. The van der Waals surface area contributed by atoms with Gasteiger partial charge in [-0.15, -0.1) is 11.3 Å². The number of carboxylic acids is 1. The number of hydrogen-bond donors (Lipinski definition) is 2. The van der Waals surface area contributed by atoms with Crippen LogP contribution in [-0.2, 0) is 9.59 Å². The lowest BCUT2D eigenvalue weighted by atomic mass is 9.82. The van der Waals surface area contributed by atoms with Gasteiger partial charge in [0.05, 0.1) is 22.1 Å². The molecular formula is C18H18N2O3S2. The minimum atomic E-state index is -0.879. The number of carbonyl (C=O) groups is 2. The zero-order valence-electron chi connectivity index (χ0n) is 13.6. The number of fused-ring (bicyclic) bond motifs is 3. The number of aromatic nitrogens is 1. The van der Waals surface area contributed by atoms with Crippen LogP contribution in [-0.4, -0.2) is 27.7 Å². The predicted octanol–water partition coefficient (Wildman–Crippen LogP) is 3.87. The van der Waals surface area contributed by atoms with Crippen molar-refractivity contribution in [3.05, 3.63) is 30.4 Å². The van der Waals surface area contributed by atoms with Gasteiger partial charge in [-0.2, -0.15) is 0 Å². The van der Waals surface area contributed by atoms with E-state index < -0.39 is 17.8 Å². The van der Waals surface area contributed by atoms with E-state index in [4.69, 9.17) is 0 Å². The molecule has 0 spiro atoms. The zero-order chi connectivity index (χ0) is 17.6. The fourth-order valence-electron chi connectivity index (χ4n) is 3.91. The lowest BCUT2D eigenvalue weighted by Crippen LogP contribution is -2.36. The minimum absolute atomic E-state index is 0.0177. The van der Waals surface area contributed by atoms with Crippen molar-refractivity contribution in [1.82, 2.24) is 4.98 Å². The molecule has 0 unspecified atom stereocenters. The van der Waals surface area contributed by atoms with E-state index in [0.29, 0.717) is 5.69 Å². The SMILES string of the molecule is CCSc1nc2ccc(NC(=O)[C@@H]3[C@H](C(=O)O)[C@H]4C=C[C@H]3C4)cc2s1. The zero-order valence-corrected chi connectivity index (χ0v) is 15.3. The van der Waals surface area contributed by atoms with Crippen LogP contribution in [0.3, 0.4) is 0 Å². The molecule has 1 amide bonds.